The highest BCUT2D eigenvalue weighted by molar-refractivity contribution is 7.92. The van der Waals surface area contributed by atoms with E-state index in [1.807, 2.05) is 35.9 Å². The summed E-state index contributed by atoms with van der Waals surface area (Å²) in [6, 6.07) is 7.57. The second kappa shape index (κ2) is 4.95. The van der Waals surface area contributed by atoms with Crippen LogP contribution in [-0.4, -0.2) is 37.8 Å². The van der Waals surface area contributed by atoms with Crippen molar-refractivity contribution in [1.82, 2.24) is 14.9 Å². The van der Waals surface area contributed by atoms with Gasteiger partial charge < -0.3 is 9.88 Å². The van der Waals surface area contributed by atoms with Crippen LogP contribution in [0.25, 0.3) is 11.0 Å². The summed E-state index contributed by atoms with van der Waals surface area (Å²) < 4.78 is 26.9. The lowest BCUT2D eigenvalue weighted by molar-refractivity contribution is 0.605. The standard InChI is InChI=1S/C11H16N4O2S/c1-12-7-8-15-10-6-4-3-5-9(10)13-11(15)14-18(2,16)17/h3-6,12H,7-8H2,1-2H3,(H,13,14). The number of fused-ring (bicyclic) bond motifs is 1. The minimum absolute atomic E-state index is 0.356. The van der Waals surface area contributed by atoms with Gasteiger partial charge in [0.05, 0.1) is 17.3 Å². The molecule has 0 aliphatic carbocycles. The first kappa shape index (κ1) is 12.8. The van der Waals surface area contributed by atoms with E-state index in [0.717, 1.165) is 23.8 Å². The van der Waals surface area contributed by atoms with Crippen LogP contribution in [0.1, 0.15) is 0 Å². The third-order valence-corrected chi connectivity index (χ3v) is 3.07. The minimum atomic E-state index is -3.33. The molecular weight excluding hydrogens is 252 g/mol. The molecule has 1 heterocycles. The molecule has 0 spiro atoms. The van der Waals surface area contributed by atoms with Gasteiger partial charge in [-0.1, -0.05) is 12.1 Å². The van der Waals surface area contributed by atoms with E-state index in [-0.39, 0.29) is 0 Å². The molecule has 0 saturated heterocycles. The van der Waals surface area contributed by atoms with Crippen LogP contribution in [0.15, 0.2) is 24.3 Å². The third kappa shape index (κ3) is 2.80. The average Bonchev–Trinajstić information content (AvgIpc) is 2.61. The fourth-order valence-electron chi connectivity index (χ4n) is 1.77. The molecule has 0 unspecified atom stereocenters. The zero-order chi connectivity index (χ0) is 13.2. The molecule has 1 aromatic heterocycles. The van der Waals surface area contributed by atoms with E-state index in [1.54, 1.807) is 0 Å². The number of sulfonamides is 1. The Morgan fingerprint density at radius 1 is 1.33 bits per heavy atom. The van der Waals surface area contributed by atoms with Crippen molar-refractivity contribution in [3.63, 3.8) is 0 Å². The molecule has 0 amide bonds. The van der Waals surface area contributed by atoms with E-state index in [2.05, 4.69) is 15.0 Å². The van der Waals surface area contributed by atoms with Crippen LogP contribution < -0.4 is 10.0 Å². The van der Waals surface area contributed by atoms with Gasteiger partial charge in [0.15, 0.2) is 0 Å². The van der Waals surface area contributed by atoms with Crippen molar-refractivity contribution in [3.8, 4) is 0 Å². The number of nitrogens with one attached hydrogen (secondary N) is 2. The molecule has 2 rings (SSSR count). The monoisotopic (exact) mass is 268 g/mol. The van der Waals surface area contributed by atoms with Crippen LogP contribution in [0.2, 0.25) is 0 Å². The summed E-state index contributed by atoms with van der Waals surface area (Å²) in [5.74, 6) is 0.356. The molecule has 0 bridgehead atoms. The van der Waals surface area contributed by atoms with Crippen molar-refractivity contribution < 1.29 is 8.42 Å². The number of rotatable bonds is 5. The lowest BCUT2D eigenvalue weighted by atomic mass is 10.3. The number of imidazole rings is 1. The van der Waals surface area contributed by atoms with Crippen LogP contribution in [0, 0.1) is 0 Å². The second-order valence-corrected chi connectivity index (χ2v) is 5.80. The summed E-state index contributed by atoms with van der Waals surface area (Å²) in [5.41, 5.74) is 1.69. The van der Waals surface area contributed by atoms with Gasteiger partial charge in [-0.3, -0.25) is 4.72 Å². The first-order valence-electron chi connectivity index (χ1n) is 5.59. The van der Waals surface area contributed by atoms with Crippen LogP contribution >= 0.6 is 0 Å². The molecule has 6 nitrogen and oxygen atoms in total. The molecule has 7 heteroatoms. The largest absolute Gasteiger partial charge is 0.318 e. The Bertz CT molecular complexity index is 648. The fraction of sp³-hybridized carbons (Fsp3) is 0.364. The number of hydrogen-bond acceptors (Lipinski definition) is 4. The molecule has 1 aromatic carbocycles. The molecule has 2 aromatic rings. The van der Waals surface area contributed by atoms with Gasteiger partial charge >= 0.3 is 0 Å². The summed E-state index contributed by atoms with van der Waals surface area (Å²) in [6.45, 7) is 1.38. The molecule has 18 heavy (non-hydrogen) atoms. The molecule has 2 N–H and O–H groups in total. The Morgan fingerprint density at radius 3 is 2.72 bits per heavy atom. The van der Waals surface area contributed by atoms with Crippen molar-refractivity contribution in [1.29, 1.82) is 0 Å². The molecule has 0 aliphatic heterocycles. The number of benzene rings is 1. The summed E-state index contributed by atoms with van der Waals surface area (Å²) >= 11 is 0. The van der Waals surface area contributed by atoms with Gasteiger partial charge in [0.1, 0.15) is 0 Å². The maximum absolute atomic E-state index is 11.3. The summed E-state index contributed by atoms with van der Waals surface area (Å²) in [4.78, 5) is 4.30. The van der Waals surface area contributed by atoms with Crippen molar-refractivity contribution >= 4 is 27.0 Å². The zero-order valence-corrected chi connectivity index (χ0v) is 11.2. The van der Waals surface area contributed by atoms with Crippen molar-refractivity contribution in [2.75, 3.05) is 24.6 Å². The zero-order valence-electron chi connectivity index (χ0n) is 10.3. The van der Waals surface area contributed by atoms with E-state index in [0.29, 0.717) is 12.5 Å². The predicted octanol–water partition coefficient (Wildman–Crippen LogP) is 0.627. The third-order valence-electron chi connectivity index (χ3n) is 2.52. The molecule has 0 radical (unpaired) electrons. The Kier molecular flexibility index (Phi) is 3.53. The van der Waals surface area contributed by atoms with Gasteiger partial charge in [0.2, 0.25) is 16.0 Å². The molecule has 0 fully saturated rings. The smallest absolute Gasteiger partial charge is 0.232 e. The van der Waals surface area contributed by atoms with E-state index >= 15 is 0 Å². The number of para-hydroxylation sites is 2. The van der Waals surface area contributed by atoms with Crippen molar-refractivity contribution in [2.45, 2.75) is 6.54 Å². The number of aromatic nitrogens is 2. The van der Waals surface area contributed by atoms with Gasteiger partial charge in [-0.2, -0.15) is 0 Å². The Hall–Kier alpha value is -1.60. The van der Waals surface area contributed by atoms with E-state index in [4.69, 9.17) is 0 Å². The van der Waals surface area contributed by atoms with Gasteiger partial charge in [0, 0.05) is 13.1 Å². The van der Waals surface area contributed by atoms with Gasteiger partial charge in [-0.05, 0) is 19.2 Å². The molecule has 0 aliphatic rings. The molecule has 98 valence electrons. The number of hydrogen-bond donors (Lipinski definition) is 2. The highest BCUT2D eigenvalue weighted by atomic mass is 32.2. The van der Waals surface area contributed by atoms with Crippen LogP contribution in [-0.2, 0) is 16.6 Å². The van der Waals surface area contributed by atoms with Crippen LogP contribution in [0.3, 0.4) is 0 Å². The topological polar surface area (TPSA) is 76.0 Å². The van der Waals surface area contributed by atoms with Gasteiger partial charge in [-0.25, -0.2) is 13.4 Å². The lowest BCUT2D eigenvalue weighted by Crippen LogP contribution is -2.19. The van der Waals surface area contributed by atoms with E-state index in [9.17, 15) is 8.42 Å². The average molecular weight is 268 g/mol. The fourth-order valence-corrected chi connectivity index (χ4v) is 2.26. The highest BCUT2D eigenvalue weighted by Gasteiger charge is 2.12. The number of anilines is 1. The SMILES string of the molecule is CNCCn1c(NS(C)(=O)=O)nc2ccccc21. The Labute approximate surface area is 106 Å². The summed E-state index contributed by atoms with van der Waals surface area (Å²) in [5, 5.41) is 3.03. The van der Waals surface area contributed by atoms with Gasteiger partial charge in [-0.15, -0.1) is 0 Å². The summed E-state index contributed by atoms with van der Waals surface area (Å²) in [7, 11) is -1.48. The Balaban J connectivity index is 2.49. The van der Waals surface area contributed by atoms with Crippen molar-refractivity contribution in [3.05, 3.63) is 24.3 Å². The van der Waals surface area contributed by atoms with E-state index < -0.39 is 10.0 Å². The van der Waals surface area contributed by atoms with Gasteiger partial charge in [0.25, 0.3) is 0 Å². The first-order chi connectivity index (χ1) is 8.51. The molecular formula is C11H16N4O2S. The normalized spacial score (nSPS) is 11.9. The second-order valence-electron chi connectivity index (χ2n) is 4.05. The van der Waals surface area contributed by atoms with Crippen LogP contribution in [0.4, 0.5) is 5.95 Å². The number of likely N-dealkylation sites (N-methyl/N-ethyl adjacent to an activating group) is 1. The number of nitrogens with zero attached hydrogens (tertiary/aromatic N) is 2. The Morgan fingerprint density at radius 2 is 2.06 bits per heavy atom. The molecule has 0 saturated carbocycles. The maximum Gasteiger partial charge on any atom is 0.232 e. The minimum Gasteiger partial charge on any atom is -0.318 e. The molecule has 0 atom stereocenters. The quantitative estimate of drug-likeness (QED) is 0.834. The predicted molar refractivity (Wildman–Crippen MR) is 72.1 cm³/mol. The van der Waals surface area contributed by atoms with E-state index in [1.165, 1.54) is 0 Å². The summed E-state index contributed by atoms with van der Waals surface area (Å²) in [6.07, 6.45) is 1.12. The van der Waals surface area contributed by atoms with Crippen molar-refractivity contribution in [2.24, 2.45) is 0 Å². The first-order valence-corrected chi connectivity index (χ1v) is 7.48. The maximum atomic E-state index is 11.3. The lowest BCUT2D eigenvalue weighted by Gasteiger charge is -2.09. The highest BCUT2D eigenvalue weighted by Crippen LogP contribution is 2.19. The van der Waals surface area contributed by atoms with Crippen LogP contribution in [0.5, 0.6) is 0 Å².